The van der Waals surface area contributed by atoms with Gasteiger partial charge in [0.2, 0.25) is 0 Å². The molecule has 0 fully saturated rings. The third-order valence-electron chi connectivity index (χ3n) is 4.55. The molecule has 1 aliphatic rings. The van der Waals surface area contributed by atoms with E-state index >= 15 is 0 Å². The summed E-state index contributed by atoms with van der Waals surface area (Å²) >= 11 is 0. The van der Waals surface area contributed by atoms with Crippen molar-refractivity contribution in [1.29, 1.82) is 5.26 Å². The van der Waals surface area contributed by atoms with E-state index in [-0.39, 0.29) is 0 Å². The number of aromatic amines is 1. The molecule has 0 aliphatic carbocycles. The average molecular weight is 288 g/mol. The molecule has 1 aliphatic heterocycles. The normalized spacial score (nSPS) is 21.5. The van der Waals surface area contributed by atoms with Crippen molar-refractivity contribution in [2.45, 2.75) is 12.0 Å². The molecule has 0 spiro atoms. The van der Waals surface area contributed by atoms with Crippen LogP contribution >= 0.6 is 0 Å². The standard InChI is InChI=1S/C18H16N4/c1-22-10-13-4-2-3-5-16(13)18(11-19,12-22)15-6-7-17-14(8-15)9-20-21-17/h2-9H,10,12H2,1H3,(H,20,21). The van der Waals surface area contributed by atoms with Crippen LogP contribution in [0.2, 0.25) is 0 Å². The lowest BCUT2D eigenvalue weighted by Gasteiger charge is -2.38. The second-order valence-corrected chi connectivity index (χ2v) is 6.02. The number of nitrogens with zero attached hydrogens (tertiary/aromatic N) is 3. The van der Waals surface area contributed by atoms with Crippen molar-refractivity contribution in [1.82, 2.24) is 15.1 Å². The van der Waals surface area contributed by atoms with Crippen LogP contribution in [0.5, 0.6) is 0 Å². The Labute approximate surface area is 129 Å². The minimum Gasteiger partial charge on any atom is -0.300 e. The van der Waals surface area contributed by atoms with Crippen molar-refractivity contribution in [2.75, 3.05) is 13.6 Å². The maximum Gasteiger partial charge on any atom is 0.120 e. The summed E-state index contributed by atoms with van der Waals surface area (Å²) in [6, 6.07) is 17.0. The largest absolute Gasteiger partial charge is 0.300 e. The number of hydrogen-bond acceptors (Lipinski definition) is 3. The minimum atomic E-state index is -0.630. The summed E-state index contributed by atoms with van der Waals surface area (Å²) < 4.78 is 0. The Bertz CT molecular complexity index is 889. The van der Waals surface area contributed by atoms with Crippen LogP contribution in [0.15, 0.2) is 48.7 Å². The monoisotopic (exact) mass is 288 g/mol. The molecule has 1 unspecified atom stereocenters. The van der Waals surface area contributed by atoms with Gasteiger partial charge in [-0.05, 0) is 35.9 Å². The zero-order valence-electron chi connectivity index (χ0n) is 12.4. The highest BCUT2D eigenvalue weighted by molar-refractivity contribution is 5.79. The Kier molecular flexibility index (Phi) is 2.78. The highest BCUT2D eigenvalue weighted by atomic mass is 15.1. The highest BCUT2D eigenvalue weighted by Gasteiger charge is 2.40. The van der Waals surface area contributed by atoms with E-state index in [9.17, 15) is 5.26 Å². The summed E-state index contributed by atoms with van der Waals surface area (Å²) in [7, 11) is 2.07. The van der Waals surface area contributed by atoms with Crippen LogP contribution in [0, 0.1) is 11.3 Å². The fraction of sp³-hybridized carbons (Fsp3) is 0.222. The predicted octanol–water partition coefficient (Wildman–Crippen LogP) is 2.82. The first-order chi connectivity index (χ1) is 10.7. The molecule has 4 rings (SSSR count). The Morgan fingerprint density at radius 3 is 3.00 bits per heavy atom. The third-order valence-corrected chi connectivity index (χ3v) is 4.55. The van der Waals surface area contributed by atoms with Crippen molar-refractivity contribution in [3.63, 3.8) is 0 Å². The van der Waals surface area contributed by atoms with Crippen LogP contribution in [-0.2, 0) is 12.0 Å². The maximum atomic E-state index is 10.1. The molecule has 2 heterocycles. The first kappa shape index (κ1) is 13.1. The molecule has 2 aromatic carbocycles. The van der Waals surface area contributed by atoms with Gasteiger partial charge in [-0.15, -0.1) is 0 Å². The highest BCUT2D eigenvalue weighted by Crippen LogP contribution is 2.39. The Morgan fingerprint density at radius 2 is 2.14 bits per heavy atom. The lowest BCUT2D eigenvalue weighted by molar-refractivity contribution is 0.267. The van der Waals surface area contributed by atoms with Crippen LogP contribution in [0.3, 0.4) is 0 Å². The molecule has 0 saturated carbocycles. The van der Waals surface area contributed by atoms with Crippen molar-refractivity contribution < 1.29 is 0 Å². The van der Waals surface area contributed by atoms with Crippen LogP contribution in [0.4, 0.5) is 0 Å². The minimum absolute atomic E-state index is 0.630. The lowest BCUT2D eigenvalue weighted by Crippen LogP contribution is -2.43. The Balaban J connectivity index is 1.98. The van der Waals surface area contributed by atoms with Crippen LogP contribution in [-0.4, -0.2) is 28.7 Å². The predicted molar refractivity (Wildman–Crippen MR) is 85.3 cm³/mol. The van der Waals surface area contributed by atoms with Gasteiger partial charge in [0.05, 0.1) is 17.8 Å². The van der Waals surface area contributed by atoms with Crippen LogP contribution < -0.4 is 0 Å². The van der Waals surface area contributed by atoms with Gasteiger partial charge in [0, 0.05) is 18.5 Å². The molecular weight excluding hydrogens is 272 g/mol. The zero-order valence-corrected chi connectivity index (χ0v) is 12.4. The van der Waals surface area contributed by atoms with E-state index in [2.05, 4.69) is 46.4 Å². The fourth-order valence-corrected chi connectivity index (χ4v) is 3.53. The van der Waals surface area contributed by atoms with Gasteiger partial charge in [-0.1, -0.05) is 30.3 Å². The first-order valence-corrected chi connectivity index (χ1v) is 7.35. The number of nitriles is 1. The second kappa shape index (κ2) is 4.69. The summed E-state index contributed by atoms with van der Waals surface area (Å²) in [6.45, 7) is 1.58. The second-order valence-electron chi connectivity index (χ2n) is 6.02. The van der Waals surface area contributed by atoms with E-state index < -0.39 is 5.41 Å². The molecule has 4 heteroatoms. The van der Waals surface area contributed by atoms with Gasteiger partial charge in [-0.3, -0.25) is 10.00 Å². The van der Waals surface area contributed by atoms with Crippen molar-refractivity contribution in [3.05, 3.63) is 65.4 Å². The molecule has 108 valence electrons. The van der Waals surface area contributed by atoms with Gasteiger partial charge in [0.25, 0.3) is 0 Å². The van der Waals surface area contributed by atoms with Crippen molar-refractivity contribution >= 4 is 10.9 Å². The van der Waals surface area contributed by atoms with Crippen LogP contribution in [0.1, 0.15) is 16.7 Å². The molecular formula is C18H16N4. The van der Waals surface area contributed by atoms with E-state index in [0.29, 0.717) is 6.54 Å². The van der Waals surface area contributed by atoms with E-state index in [0.717, 1.165) is 28.6 Å². The number of nitrogens with one attached hydrogen (secondary N) is 1. The molecule has 1 atom stereocenters. The number of benzene rings is 2. The number of aromatic nitrogens is 2. The van der Waals surface area contributed by atoms with Gasteiger partial charge in [-0.25, -0.2) is 0 Å². The summed E-state index contributed by atoms with van der Waals surface area (Å²) in [5.74, 6) is 0. The summed E-state index contributed by atoms with van der Waals surface area (Å²) in [5.41, 5.74) is 3.75. The number of hydrogen-bond donors (Lipinski definition) is 1. The molecule has 0 bridgehead atoms. The smallest absolute Gasteiger partial charge is 0.120 e. The van der Waals surface area contributed by atoms with E-state index in [4.69, 9.17) is 0 Å². The van der Waals surface area contributed by atoms with E-state index in [1.54, 1.807) is 0 Å². The topological polar surface area (TPSA) is 55.7 Å². The van der Waals surface area contributed by atoms with Crippen molar-refractivity contribution in [2.24, 2.45) is 0 Å². The fourth-order valence-electron chi connectivity index (χ4n) is 3.53. The number of rotatable bonds is 1. The first-order valence-electron chi connectivity index (χ1n) is 7.35. The number of fused-ring (bicyclic) bond motifs is 2. The quantitative estimate of drug-likeness (QED) is 0.749. The van der Waals surface area contributed by atoms with Crippen molar-refractivity contribution in [3.8, 4) is 6.07 Å². The van der Waals surface area contributed by atoms with Crippen LogP contribution in [0.25, 0.3) is 10.9 Å². The lowest BCUT2D eigenvalue weighted by atomic mass is 9.71. The molecule has 22 heavy (non-hydrogen) atoms. The zero-order chi connectivity index (χ0) is 15.2. The summed E-state index contributed by atoms with van der Waals surface area (Å²) in [6.07, 6.45) is 1.81. The van der Waals surface area contributed by atoms with E-state index in [1.807, 2.05) is 30.5 Å². The molecule has 0 radical (unpaired) electrons. The summed E-state index contributed by atoms with van der Waals surface area (Å²) in [5, 5.41) is 18.2. The average Bonchev–Trinajstić information content (AvgIpc) is 3.01. The maximum absolute atomic E-state index is 10.1. The van der Waals surface area contributed by atoms with Gasteiger partial charge < -0.3 is 0 Å². The Morgan fingerprint density at radius 1 is 1.27 bits per heavy atom. The number of likely N-dealkylation sites (N-methyl/N-ethyl adjacent to an activating group) is 1. The molecule has 0 amide bonds. The molecule has 3 aromatic rings. The molecule has 1 N–H and O–H groups in total. The van der Waals surface area contributed by atoms with Gasteiger partial charge in [-0.2, -0.15) is 10.4 Å². The van der Waals surface area contributed by atoms with Gasteiger partial charge in [0.1, 0.15) is 5.41 Å². The van der Waals surface area contributed by atoms with Gasteiger partial charge >= 0.3 is 0 Å². The summed E-state index contributed by atoms with van der Waals surface area (Å²) in [4.78, 5) is 2.21. The molecule has 0 saturated heterocycles. The third kappa shape index (κ3) is 1.76. The molecule has 1 aromatic heterocycles. The SMILES string of the molecule is CN1Cc2ccccc2C(C#N)(c2ccc3[nH]ncc3c2)C1. The molecule has 4 nitrogen and oxygen atoms in total. The number of H-pyrrole nitrogens is 1. The van der Waals surface area contributed by atoms with Gasteiger partial charge in [0.15, 0.2) is 0 Å². The Hall–Kier alpha value is -2.64. The van der Waals surface area contributed by atoms with E-state index in [1.165, 1.54) is 5.56 Å².